The van der Waals surface area contributed by atoms with Crippen molar-refractivity contribution in [1.29, 1.82) is 0 Å². The number of hydrogen-bond acceptors (Lipinski definition) is 1. The van der Waals surface area contributed by atoms with E-state index in [-0.39, 0.29) is 17.1 Å². The molecule has 0 unspecified atom stereocenters. The van der Waals surface area contributed by atoms with Crippen molar-refractivity contribution in [3.05, 3.63) is 54.1 Å². The molecule has 0 aliphatic rings. The van der Waals surface area contributed by atoms with Crippen molar-refractivity contribution in [2.45, 2.75) is 0 Å². The molecule has 0 aliphatic heterocycles. The molecule has 0 spiro atoms. The van der Waals surface area contributed by atoms with Crippen LogP contribution in [0, 0.1) is 11.6 Å². The highest BCUT2D eigenvalue weighted by atomic mass is 19.1. The molecule has 2 aromatic carbocycles. The minimum absolute atomic E-state index is 0.0178. The molecule has 0 saturated heterocycles. The highest BCUT2D eigenvalue weighted by Crippen LogP contribution is 2.26. The Kier molecular flexibility index (Phi) is 2.37. The second kappa shape index (κ2) is 3.69. The van der Waals surface area contributed by atoms with Gasteiger partial charge in [0.25, 0.3) is 0 Å². The molecule has 0 radical (unpaired) electrons. The number of halogens is 2. The normalized spacial score (nSPS) is 10.3. The molecule has 0 amide bonds. The first kappa shape index (κ1) is 9.65. The highest BCUT2D eigenvalue weighted by Gasteiger charge is 2.05. The number of hydrogen-bond donors (Lipinski definition) is 1. The number of aromatic hydroxyl groups is 1. The predicted octanol–water partition coefficient (Wildman–Crippen LogP) is 3.34. The molecule has 0 atom stereocenters. The van der Waals surface area contributed by atoms with E-state index in [0.29, 0.717) is 5.56 Å². The fourth-order valence-corrected chi connectivity index (χ4v) is 1.36. The smallest absolute Gasteiger partial charge is 0.131 e. The summed E-state index contributed by atoms with van der Waals surface area (Å²) in [7, 11) is 0. The second-order valence-corrected chi connectivity index (χ2v) is 3.17. The van der Waals surface area contributed by atoms with Gasteiger partial charge in [-0.15, -0.1) is 0 Å². The van der Waals surface area contributed by atoms with Crippen LogP contribution in [-0.4, -0.2) is 5.11 Å². The van der Waals surface area contributed by atoms with Crippen LogP contribution in [-0.2, 0) is 0 Å². The maximum Gasteiger partial charge on any atom is 0.131 e. The van der Waals surface area contributed by atoms with E-state index in [2.05, 4.69) is 0 Å². The molecule has 1 N–H and O–H groups in total. The molecule has 0 aromatic heterocycles. The zero-order valence-electron chi connectivity index (χ0n) is 7.74. The zero-order chi connectivity index (χ0) is 10.8. The zero-order valence-corrected chi connectivity index (χ0v) is 7.74. The van der Waals surface area contributed by atoms with Gasteiger partial charge in [-0.05, 0) is 35.9 Å². The lowest BCUT2D eigenvalue weighted by Crippen LogP contribution is -1.84. The van der Waals surface area contributed by atoms with Gasteiger partial charge in [0.05, 0.1) is 0 Å². The summed E-state index contributed by atoms with van der Waals surface area (Å²) in [5.41, 5.74) is 0.791. The van der Waals surface area contributed by atoms with Gasteiger partial charge in [-0.3, -0.25) is 0 Å². The van der Waals surface area contributed by atoms with Crippen molar-refractivity contribution in [2.75, 3.05) is 0 Å². The summed E-state index contributed by atoms with van der Waals surface area (Å²) in [6, 6.07) is 9.18. The third kappa shape index (κ3) is 1.96. The van der Waals surface area contributed by atoms with Crippen molar-refractivity contribution < 1.29 is 13.9 Å². The summed E-state index contributed by atoms with van der Waals surface area (Å²) < 4.78 is 26.0. The lowest BCUT2D eigenvalue weighted by Gasteiger charge is -2.03. The molecule has 0 fully saturated rings. The molecule has 1 nitrogen and oxygen atoms in total. The summed E-state index contributed by atoms with van der Waals surface area (Å²) in [6.45, 7) is 0. The van der Waals surface area contributed by atoms with Crippen molar-refractivity contribution in [3.8, 4) is 16.9 Å². The second-order valence-electron chi connectivity index (χ2n) is 3.17. The SMILES string of the molecule is Oc1ccc(F)c(-c2ccc(F)cc2)c1. The van der Waals surface area contributed by atoms with E-state index in [9.17, 15) is 13.9 Å². The first-order chi connectivity index (χ1) is 7.16. The van der Waals surface area contributed by atoms with Crippen LogP contribution in [0.25, 0.3) is 11.1 Å². The minimum Gasteiger partial charge on any atom is -0.508 e. The maximum absolute atomic E-state index is 13.4. The average Bonchev–Trinajstić information content (AvgIpc) is 2.23. The van der Waals surface area contributed by atoms with E-state index in [1.165, 1.54) is 42.5 Å². The van der Waals surface area contributed by atoms with Crippen LogP contribution in [0.1, 0.15) is 0 Å². The van der Waals surface area contributed by atoms with E-state index >= 15 is 0 Å². The Bertz CT molecular complexity index is 477. The van der Waals surface area contributed by atoms with Crippen molar-refractivity contribution in [2.24, 2.45) is 0 Å². The van der Waals surface area contributed by atoms with Gasteiger partial charge in [0, 0.05) is 5.56 Å². The number of phenolic OH excluding ortho intramolecular Hbond substituents is 1. The Hall–Kier alpha value is -1.90. The van der Waals surface area contributed by atoms with Crippen molar-refractivity contribution >= 4 is 0 Å². The standard InChI is InChI=1S/C12H8F2O/c13-9-3-1-8(2-4-9)11-7-10(15)5-6-12(11)14/h1-7,15H. The first-order valence-corrected chi connectivity index (χ1v) is 4.41. The summed E-state index contributed by atoms with van der Waals surface area (Å²) in [6.07, 6.45) is 0. The minimum atomic E-state index is -0.445. The van der Waals surface area contributed by atoms with Gasteiger partial charge in [0.15, 0.2) is 0 Å². The molecule has 2 aromatic rings. The van der Waals surface area contributed by atoms with Crippen LogP contribution in [0.5, 0.6) is 5.75 Å². The van der Waals surface area contributed by atoms with Gasteiger partial charge in [-0.2, -0.15) is 0 Å². The van der Waals surface area contributed by atoms with E-state index in [1.54, 1.807) is 0 Å². The van der Waals surface area contributed by atoms with E-state index in [4.69, 9.17) is 0 Å². The molecular weight excluding hydrogens is 198 g/mol. The fourth-order valence-electron chi connectivity index (χ4n) is 1.36. The fraction of sp³-hybridized carbons (Fsp3) is 0. The van der Waals surface area contributed by atoms with Gasteiger partial charge < -0.3 is 5.11 Å². The maximum atomic E-state index is 13.4. The van der Waals surface area contributed by atoms with Gasteiger partial charge in [0.1, 0.15) is 17.4 Å². The Morgan fingerprint density at radius 2 is 1.53 bits per heavy atom. The van der Waals surface area contributed by atoms with Crippen LogP contribution >= 0.6 is 0 Å². The molecule has 15 heavy (non-hydrogen) atoms. The van der Waals surface area contributed by atoms with Crippen molar-refractivity contribution in [3.63, 3.8) is 0 Å². The van der Waals surface area contributed by atoms with Crippen molar-refractivity contribution in [1.82, 2.24) is 0 Å². The summed E-state index contributed by atoms with van der Waals surface area (Å²) in [5, 5.41) is 9.21. The Morgan fingerprint density at radius 1 is 0.867 bits per heavy atom. The van der Waals surface area contributed by atoms with Crippen LogP contribution in [0.2, 0.25) is 0 Å². The molecular formula is C12H8F2O. The third-order valence-electron chi connectivity index (χ3n) is 2.11. The summed E-state index contributed by atoms with van der Waals surface area (Å²) in [4.78, 5) is 0. The Balaban J connectivity index is 2.53. The van der Waals surface area contributed by atoms with Crippen LogP contribution in [0.3, 0.4) is 0 Å². The number of rotatable bonds is 1. The van der Waals surface area contributed by atoms with Gasteiger partial charge in [-0.25, -0.2) is 8.78 Å². The van der Waals surface area contributed by atoms with Crippen LogP contribution in [0.15, 0.2) is 42.5 Å². The molecule has 0 heterocycles. The molecule has 3 heteroatoms. The lowest BCUT2D eigenvalue weighted by molar-refractivity contribution is 0.473. The van der Waals surface area contributed by atoms with E-state index in [1.807, 2.05) is 0 Å². The Morgan fingerprint density at radius 3 is 2.20 bits per heavy atom. The molecule has 0 saturated carbocycles. The first-order valence-electron chi connectivity index (χ1n) is 4.41. The largest absolute Gasteiger partial charge is 0.508 e. The number of phenols is 1. The van der Waals surface area contributed by atoms with Gasteiger partial charge in [0.2, 0.25) is 0 Å². The summed E-state index contributed by atoms with van der Waals surface area (Å²) >= 11 is 0. The van der Waals surface area contributed by atoms with Gasteiger partial charge >= 0.3 is 0 Å². The lowest BCUT2D eigenvalue weighted by atomic mass is 10.0. The molecule has 0 aliphatic carbocycles. The van der Waals surface area contributed by atoms with Crippen LogP contribution in [0.4, 0.5) is 8.78 Å². The molecule has 2 rings (SSSR count). The monoisotopic (exact) mass is 206 g/mol. The van der Waals surface area contributed by atoms with Crippen LogP contribution < -0.4 is 0 Å². The topological polar surface area (TPSA) is 20.2 Å². The molecule has 0 bridgehead atoms. The van der Waals surface area contributed by atoms with E-state index < -0.39 is 5.82 Å². The predicted molar refractivity (Wildman–Crippen MR) is 53.5 cm³/mol. The Labute approximate surface area is 85.6 Å². The summed E-state index contributed by atoms with van der Waals surface area (Å²) in [5.74, 6) is -0.838. The third-order valence-corrected chi connectivity index (χ3v) is 2.11. The average molecular weight is 206 g/mol. The molecule has 76 valence electrons. The van der Waals surface area contributed by atoms with Gasteiger partial charge in [-0.1, -0.05) is 12.1 Å². The number of benzene rings is 2. The highest BCUT2D eigenvalue weighted by molar-refractivity contribution is 5.65. The quantitative estimate of drug-likeness (QED) is 0.758. The van der Waals surface area contributed by atoms with E-state index in [0.717, 1.165) is 0 Å².